The summed E-state index contributed by atoms with van der Waals surface area (Å²) in [6.45, 7) is 4.73. The SMILES string of the molecule is CC1(C)c2ccccc2-c2ccc(N(c3cccc(N(c4ccccc4)c4cccc(-c5ccccc5)c4)c3)c3ccc4sc5ccc(N(c6ccccc6)c6cccc(-c7ccccc7)c6)cc5c4c3)cc21. The van der Waals surface area contributed by atoms with E-state index in [1.54, 1.807) is 0 Å². The van der Waals surface area contributed by atoms with E-state index in [0.717, 1.165) is 51.2 Å². The highest BCUT2D eigenvalue weighted by Gasteiger charge is 2.36. The maximum atomic E-state index is 2.46. The average molecular weight is 954 g/mol. The van der Waals surface area contributed by atoms with Gasteiger partial charge in [0, 0.05) is 76.8 Å². The minimum absolute atomic E-state index is 0.168. The Kier molecular flexibility index (Phi) is 11.1. The Morgan fingerprint density at radius 2 is 0.616 bits per heavy atom. The van der Waals surface area contributed by atoms with Gasteiger partial charge in [0.2, 0.25) is 0 Å². The van der Waals surface area contributed by atoms with Gasteiger partial charge in [-0.25, -0.2) is 0 Å². The summed E-state index contributed by atoms with van der Waals surface area (Å²) < 4.78 is 2.50. The van der Waals surface area contributed by atoms with Gasteiger partial charge in [0.15, 0.2) is 0 Å². The predicted octanol–water partition coefficient (Wildman–Crippen LogP) is 20.1. The van der Waals surface area contributed by atoms with Crippen LogP contribution in [0.3, 0.4) is 0 Å². The largest absolute Gasteiger partial charge is 0.310 e. The average Bonchev–Trinajstić information content (AvgIpc) is 3.93. The monoisotopic (exact) mass is 953 g/mol. The van der Waals surface area contributed by atoms with Crippen LogP contribution in [0.25, 0.3) is 53.6 Å². The summed E-state index contributed by atoms with van der Waals surface area (Å²) in [7, 11) is 0. The van der Waals surface area contributed by atoms with Crippen molar-refractivity contribution in [1.82, 2.24) is 0 Å². The smallest absolute Gasteiger partial charge is 0.0482 e. The van der Waals surface area contributed by atoms with E-state index in [1.807, 2.05) is 11.3 Å². The van der Waals surface area contributed by atoms with E-state index in [2.05, 4.69) is 302 Å². The van der Waals surface area contributed by atoms with Gasteiger partial charge in [-0.3, -0.25) is 0 Å². The van der Waals surface area contributed by atoms with Crippen LogP contribution >= 0.6 is 11.3 Å². The number of hydrogen-bond acceptors (Lipinski definition) is 4. The van der Waals surface area contributed by atoms with Crippen LogP contribution in [0.15, 0.2) is 273 Å². The molecule has 1 aliphatic carbocycles. The van der Waals surface area contributed by atoms with E-state index < -0.39 is 0 Å². The van der Waals surface area contributed by atoms with Crippen LogP contribution in [0.5, 0.6) is 0 Å². The molecule has 0 saturated heterocycles. The van der Waals surface area contributed by atoms with Crippen molar-refractivity contribution in [3.8, 4) is 33.4 Å². The Bertz CT molecular complexity index is 3960. The van der Waals surface area contributed by atoms with Gasteiger partial charge in [-0.1, -0.05) is 172 Å². The fourth-order valence-electron chi connectivity index (χ4n) is 11.0. The molecule has 0 N–H and O–H groups in total. The molecule has 0 saturated carbocycles. The van der Waals surface area contributed by atoms with Crippen LogP contribution in [0.1, 0.15) is 25.0 Å². The molecule has 3 nitrogen and oxygen atoms in total. The number of para-hydroxylation sites is 2. The van der Waals surface area contributed by atoms with E-state index in [1.165, 1.54) is 64.7 Å². The first-order valence-electron chi connectivity index (χ1n) is 25.1. The van der Waals surface area contributed by atoms with Gasteiger partial charge in [0.1, 0.15) is 0 Å². The van der Waals surface area contributed by atoms with Crippen molar-refractivity contribution in [2.75, 3.05) is 14.7 Å². The number of benzene rings is 11. The predicted molar refractivity (Wildman–Crippen MR) is 312 cm³/mol. The lowest BCUT2D eigenvalue weighted by atomic mass is 9.82. The van der Waals surface area contributed by atoms with Gasteiger partial charge < -0.3 is 14.7 Å². The van der Waals surface area contributed by atoms with Crippen LogP contribution in [0, 0.1) is 0 Å². The van der Waals surface area contributed by atoms with Crippen LogP contribution in [-0.4, -0.2) is 0 Å². The van der Waals surface area contributed by atoms with Crippen molar-refractivity contribution in [2.45, 2.75) is 19.3 Å². The molecule has 4 heteroatoms. The third kappa shape index (κ3) is 8.03. The zero-order valence-corrected chi connectivity index (χ0v) is 41.5. The highest BCUT2D eigenvalue weighted by molar-refractivity contribution is 7.25. The maximum Gasteiger partial charge on any atom is 0.0482 e. The second-order valence-corrected chi connectivity index (χ2v) is 20.5. The molecule has 12 aromatic rings. The number of hydrogen-bond donors (Lipinski definition) is 0. The standard InChI is InChI=1S/C69H51N3S/c1-69(2)65-35-16-15-34-61(65)62-39-36-60(47-66(62)69)72(57-33-19-32-56(44-57)70(52-26-11-5-12-27-52)54-30-17-24-50(42-54)48-20-7-3-8-21-48)59-38-41-68-64(46-59)63-45-58(37-40-67(63)73-68)71(53-28-13-6-14-29-53)55-31-18-25-51(43-55)49-22-9-4-10-23-49/h3-47H,1-2H3. The minimum Gasteiger partial charge on any atom is -0.310 e. The summed E-state index contributed by atoms with van der Waals surface area (Å²) in [4.78, 5) is 7.22. The van der Waals surface area contributed by atoms with Crippen LogP contribution < -0.4 is 14.7 Å². The van der Waals surface area contributed by atoms with Crippen LogP contribution in [-0.2, 0) is 5.41 Å². The fourth-order valence-corrected chi connectivity index (χ4v) is 12.1. The van der Waals surface area contributed by atoms with Gasteiger partial charge in [-0.15, -0.1) is 11.3 Å². The molecule has 73 heavy (non-hydrogen) atoms. The second kappa shape index (κ2) is 18.3. The van der Waals surface area contributed by atoms with Crippen molar-refractivity contribution >= 4 is 82.7 Å². The lowest BCUT2D eigenvalue weighted by Crippen LogP contribution is -2.17. The van der Waals surface area contributed by atoms with Crippen LogP contribution in [0.4, 0.5) is 51.2 Å². The normalized spacial score (nSPS) is 12.4. The molecule has 0 fully saturated rings. The molecule has 0 aliphatic heterocycles. The third-order valence-corrected chi connectivity index (χ3v) is 15.7. The first kappa shape index (κ1) is 44.0. The lowest BCUT2D eigenvalue weighted by Gasteiger charge is -2.30. The third-order valence-electron chi connectivity index (χ3n) is 14.6. The molecule has 1 aliphatic rings. The number of nitrogens with zero attached hydrogens (tertiary/aromatic N) is 3. The summed E-state index contributed by atoms with van der Waals surface area (Å²) >= 11 is 1.85. The van der Waals surface area contributed by atoms with E-state index in [-0.39, 0.29) is 5.41 Å². The first-order valence-corrected chi connectivity index (χ1v) is 25.9. The zero-order valence-electron chi connectivity index (χ0n) is 40.7. The van der Waals surface area contributed by atoms with E-state index in [0.29, 0.717) is 0 Å². The Balaban J connectivity index is 0.977. The molecular formula is C69H51N3S. The van der Waals surface area contributed by atoms with Crippen molar-refractivity contribution in [3.05, 3.63) is 284 Å². The second-order valence-electron chi connectivity index (χ2n) is 19.4. The molecule has 0 radical (unpaired) electrons. The van der Waals surface area contributed by atoms with Crippen molar-refractivity contribution < 1.29 is 0 Å². The molecule has 0 amide bonds. The lowest BCUT2D eigenvalue weighted by molar-refractivity contribution is 0.660. The highest BCUT2D eigenvalue weighted by Crippen LogP contribution is 2.52. The minimum atomic E-state index is -0.168. The molecule has 1 aromatic heterocycles. The van der Waals surface area contributed by atoms with E-state index >= 15 is 0 Å². The van der Waals surface area contributed by atoms with Gasteiger partial charge >= 0.3 is 0 Å². The number of fused-ring (bicyclic) bond motifs is 6. The summed E-state index contributed by atoms with van der Waals surface area (Å²) in [5.74, 6) is 0. The number of rotatable bonds is 11. The molecular weight excluding hydrogens is 903 g/mol. The topological polar surface area (TPSA) is 9.72 Å². The molecule has 11 aromatic carbocycles. The Labute approximate surface area is 431 Å². The number of anilines is 9. The molecule has 0 bridgehead atoms. The maximum absolute atomic E-state index is 2.46. The van der Waals surface area contributed by atoms with Crippen molar-refractivity contribution in [3.63, 3.8) is 0 Å². The molecule has 1 heterocycles. The molecule has 13 rings (SSSR count). The quantitative estimate of drug-likeness (QED) is 0.128. The molecule has 0 unspecified atom stereocenters. The first-order chi connectivity index (χ1) is 35.9. The van der Waals surface area contributed by atoms with Crippen LogP contribution in [0.2, 0.25) is 0 Å². The van der Waals surface area contributed by atoms with Crippen molar-refractivity contribution in [1.29, 1.82) is 0 Å². The zero-order chi connectivity index (χ0) is 48.9. The van der Waals surface area contributed by atoms with E-state index in [9.17, 15) is 0 Å². The van der Waals surface area contributed by atoms with Gasteiger partial charge in [0.25, 0.3) is 0 Å². The Morgan fingerprint density at radius 3 is 1.14 bits per heavy atom. The number of thiophene rings is 1. The molecule has 0 atom stereocenters. The summed E-state index contributed by atoms with van der Waals surface area (Å²) in [5.41, 5.74) is 19.7. The van der Waals surface area contributed by atoms with Crippen molar-refractivity contribution in [2.24, 2.45) is 0 Å². The highest BCUT2D eigenvalue weighted by atomic mass is 32.1. The van der Waals surface area contributed by atoms with Gasteiger partial charge in [0.05, 0.1) is 0 Å². The van der Waals surface area contributed by atoms with Gasteiger partial charge in [-0.2, -0.15) is 0 Å². The summed E-state index contributed by atoms with van der Waals surface area (Å²) in [5, 5.41) is 2.45. The molecule has 0 spiro atoms. The fraction of sp³-hybridized carbons (Fsp3) is 0.0435. The Morgan fingerprint density at radius 1 is 0.260 bits per heavy atom. The van der Waals surface area contributed by atoms with E-state index in [4.69, 9.17) is 0 Å². The molecule has 348 valence electrons. The summed E-state index contributed by atoms with van der Waals surface area (Å²) in [6.07, 6.45) is 0. The van der Waals surface area contributed by atoms with Gasteiger partial charge in [-0.05, 0) is 160 Å². The Hall–Kier alpha value is -8.96. The summed E-state index contributed by atoms with van der Waals surface area (Å²) in [6, 6.07) is 99.6.